The first-order chi connectivity index (χ1) is 14.0. The molecule has 29 heavy (non-hydrogen) atoms. The fourth-order valence-electron chi connectivity index (χ4n) is 3.37. The molecule has 1 aliphatic carbocycles. The fraction of sp³-hybridized carbons (Fsp3) is 0.250. The summed E-state index contributed by atoms with van der Waals surface area (Å²) in [5, 5.41) is 10.1. The van der Waals surface area contributed by atoms with Crippen LogP contribution in [0.5, 0.6) is 5.88 Å². The van der Waals surface area contributed by atoms with Gasteiger partial charge >= 0.3 is 6.03 Å². The number of rotatable bonds is 5. The molecule has 2 heterocycles. The lowest BCUT2D eigenvalue weighted by Gasteiger charge is -2.23. The Hall–Kier alpha value is -3.13. The van der Waals surface area contributed by atoms with Crippen LogP contribution < -0.4 is 15.0 Å². The number of benzene rings is 1. The van der Waals surface area contributed by atoms with Gasteiger partial charge in [-0.15, -0.1) is 0 Å². The molecule has 2 aromatic heterocycles. The monoisotopic (exact) mass is 415 g/mol. The van der Waals surface area contributed by atoms with E-state index in [0.717, 1.165) is 36.2 Å². The Bertz CT molecular complexity index is 1040. The van der Waals surface area contributed by atoms with E-state index < -0.39 is 11.8 Å². The quantitative estimate of drug-likeness (QED) is 0.649. The first-order valence-electron chi connectivity index (χ1n) is 9.13. The number of aryl methyl sites for hydroxylation is 1. The molecule has 0 saturated heterocycles. The topological polar surface area (TPSA) is 83.1 Å². The first-order valence-corrected chi connectivity index (χ1v) is 9.51. The van der Waals surface area contributed by atoms with Crippen molar-refractivity contribution in [3.05, 3.63) is 64.3 Å². The van der Waals surface area contributed by atoms with E-state index in [1.54, 1.807) is 18.3 Å². The highest BCUT2D eigenvalue weighted by molar-refractivity contribution is 6.31. The molecule has 4 rings (SSSR count). The zero-order valence-electron chi connectivity index (χ0n) is 15.7. The van der Waals surface area contributed by atoms with Crippen molar-refractivity contribution in [2.45, 2.75) is 25.8 Å². The normalized spacial score (nSPS) is 12.5. The summed E-state index contributed by atoms with van der Waals surface area (Å²) in [6.45, 7) is 0.264. The number of carbonyl (C=O) groups excluding carboxylic acids is 1. The standard InChI is InChI=1S/C20H19ClFN5O2/c1-29-19-8-6-13(10-23-19)27(11-18-14-3-2-4-17(14)25-26-18)20(28)24-12-5-7-16(22)15(21)9-12/h5-10H,2-4,11H2,1H3,(H,24,28)(H,25,26). The smallest absolute Gasteiger partial charge is 0.326 e. The Kier molecular flexibility index (Phi) is 5.35. The van der Waals surface area contributed by atoms with Gasteiger partial charge in [-0.1, -0.05) is 11.6 Å². The average Bonchev–Trinajstić information content (AvgIpc) is 3.33. The van der Waals surface area contributed by atoms with Gasteiger partial charge in [0.1, 0.15) is 5.82 Å². The minimum absolute atomic E-state index is 0.0643. The zero-order valence-corrected chi connectivity index (χ0v) is 16.5. The number of hydrogen-bond acceptors (Lipinski definition) is 4. The summed E-state index contributed by atoms with van der Waals surface area (Å²) in [5.74, 6) is -0.104. The van der Waals surface area contributed by atoms with Crippen LogP contribution in [-0.2, 0) is 19.4 Å². The Morgan fingerprint density at radius 3 is 2.93 bits per heavy atom. The van der Waals surface area contributed by atoms with Gasteiger partial charge in [0, 0.05) is 17.4 Å². The maximum atomic E-state index is 13.4. The number of carbonyl (C=O) groups is 1. The Morgan fingerprint density at radius 2 is 2.21 bits per heavy atom. The maximum Gasteiger partial charge on any atom is 0.326 e. The second-order valence-electron chi connectivity index (χ2n) is 6.68. The van der Waals surface area contributed by atoms with E-state index in [0.29, 0.717) is 17.3 Å². The van der Waals surface area contributed by atoms with Gasteiger partial charge in [-0.05, 0) is 49.1 Å². The lowest BCUT2D eigenvalue weighted by Crippen LogP contribution is -2.35. The van der Waals surface area contributed by atoms with Crippen LogP contribution in [0.15, 0.2) is 36.5 Å². The molecule has 1 aliphatic rings. The van der Waals surface area contributed by atoms with E-state index in [2.05, 4.69) is 20.5 Å². The number of nitrogens with zero attached hydrogens (tertiary/aromatic N) is 3. The largest absolute Gasteiger partial charge is 0.481 e. The number of urea groups is 1. The second kappa shape index (κ2) is 8.08. The van der Waals surface area contributed by atoms with E-state index in [1.807, 2.05) is 0 Å². The minimum Gasteiger partial charge on any atom is -0.481 e. The number of ether oxygens (including phenoxy) is 1. The molecule has 150 valence electrons. The Balaban J connectivity index is 1.62. The molecule has 0 atom stereocenters. The van der Waals surface area contributed by atoms with Crippen molar-refractivity contribution >= 4 is 29.0 Å². The van der Waals surface area contributed by atoms with Gasteiger partial charge in [0.05, 0.1) is 36.3 Å². The van der Waals surface area contributed by atoms with Crippen molar-refractivity contribution in [2.75, 3.05) is 17.3 Å². The summed E-state index contributed by atoms with van der Waals surface area (Å²) >= 11 is 5.83. The van der Waals surface area contributed by atoms with Crippen molar-refractivity contribution in [3.63, 3.8) is 0 Å². The molecule has 1 aromatic carbocycles. The van der Waals surface area contributed by atoms with Crippen LogP contribution in [0.25, 0.3) is 0 Å². The number of halogens is 2. The molecular weight excluding hydrogens is 397 g/mol. The van der Waals surface area contributed by atoms with Gasteiger partial charge in [-0.2, -0.15) is 5.10 Å². The summed E-state index contributed by atoms with van der Waals surface area (Å²) in [7, 11) is 1.53. The number of amides is 2. The molecule has 9 heteroatoms. The molecule has 2 amide bonds. The number of anilines is 2. The molecule has 0 radical (unpaired) electrons. The predicted octanol–water partition coefficient (Wildman–Crippen LogP) is 4.33. The third-order valence-electron chi connectivity index (χ3n) is 4.86. The molecule has 3 aromatic rings. The molecule has 7 nitrogen and oxygen atoms in total. The number of methoxy groups -OCH3 is 1. The van der Waals surface area contributed by atoms with Crippen LogP contribution in [0, 0.1) is 5.82 Å². The summed E-state index contributed by atoms with van der Waals surface area (Å²) in [4.78, 5) is 18.8. The summed E-state index contributed by atoms with van der Waals surface area (Å²) < 4.78 is 18.5. The molecule has 0 unspecified atom stereocenters. The van der Waals surface area contributed by atoms with E-state index in [4.69, 9.17) is 16.3 Å². The van der Waals surface area contributed by atoms with Crippen molar-refractivity contribution in [1.29, 1.82) is 0 Å². The second-order valence-corrected chi connectivity index (χ2v) is 7.09. The van der Waals surface area contributed by atoms with Crippen LogP contribution in [-0.4, -0.2) is 28.3 Å². The fourth-order valence-corrected chi connectivity index (χ4v) is 3.55. The van der Waals surface area contributed by atoms with Gasteiger partial charge in [-0.25, -0.2) is 14.2 Å². The van der Waals surface area contributed by atoms with Crippen LogP contribution in [0.3, 0.4) is 0 Å². The molecule has 0 bridgehead atoms. The highest BCUT2D eigenvalue weighted by Crippen LogP contribution is 2.27. The SMILES string of the molecule is COc1ccc(N(Cc2n[nH]c3c2CCC3)C(=O)Nc2ccc(F)c(Cl)c2)cn1. The van der Waals surface area contributed by atoms with Crippen molar-refractivity contribution < 1.29 is 13.9 Å². The maximum absolute atomic E-state index is 13.4. The Labute approximate surface area is 171 Å². The first kappa shape index (κ1) is 19.2. The van der Waals surface area contributed by atoms with Crippen LogP contribution in [0.2, 0.25) is 5.02 Å². The van der Waals surface area contributed by atoms with E-state index in [1.165, 1.54) is 30.2 Å². The highest BCUT2D eigenvalue weighted by Gasteiger charge is 2.24. The molecule has 0 fully saturated rings. The predicted molar refractivity (Wildman–Crippen MR) is 108 cm³/mol. The highest BCUT2D eigenvalue weighted by atomic mass is 35.5. The molecular formula is C20H19ClFN5O2. The molecule has 0 aliphatic heterocycles. The molecule has 0 saturated carbocycles. The zero-order chi connectivity index (χ0) is 20.4. The van der Waals surface area contributed by atoms with E-state index in [9.17, 15) is 9.18 Å². The van der Waals surface area contributed by atoms with Gasteiger partial charge in [0.2, 0.25) is 5.88 Å². The summed E-state index contributed by atoms with van der Waals surface area (Å²) in [6.07, 6.45) is 4.53. The van der Waals surface area contributed by atoms with Crippen LogP contribution in [0.4, 0.5) is 20.6 Å². The van der Waals surface area contributed by atoms with Crippen molar-refractivity contribution in [2.24, 2.45) is 0 Å². The average molecular weight is 416 g/mol. The number of H-pyrrole nitrogens is 1. The number of fused-ring (bicyclic) bond motifs is 1. The summed E-state index contributed by atoms with van der Waals surface area (Å²) in [6, 6.07) is 7.04. The molecule has 0 spiro atoms. The lowest BCUT2D eigenvalue weighted by molar-refractivity contribution is 0.256. The third-order valence-corrected chi connectivity index (χ3v) is 5.15. The van der Waals surface area contributed by atoms with Crippen molar-refractivity contribution in [3.8, 4) is 5.88 Å². The summed E-state index contributed by atoms with van der Waals surface area (Å²) in [5.41, 5.74) is 4.07. The third kappa shape index (κ3) is 4.02. The lowest BCUT2D eigenvalue weighted by atomic mass is 10.2. The van der Waals surface area contributed by atoms with Crippen LogP contribution in [0.1, 0.15) is 23.4 Å². The Morgan fingerprint density at radius 1 is 1.34 bits per heavy atom. The van der Waals surface area contributed by atoms with Gasteiger partial charge in [0.25, 0.3) is 0 Å². The minimum atomic E-state index is -0.548. The number of aromatic nitrogens is 3. The number of pyridine rings is 1. The number of aromatic amines is 1. The number of nitrogens with one attached hydrogen (secondary N) is 2. The van der Waals surface area contributed by atoms with Crippen molar-refractivity contribution in [1.82, 2.24) is 15.2 Å². The van der Waals surface area contributed by atoms with Gasteiger partial charge in [-0.3, -0.25) is 10.00 Å². The van der Waals surface area contributed by atoms with Crippen LogP contribution >= 0.6 is 11.6 Å². The van der Waals surface area contributed by atoms with E-state index >= 15 is 0 Å². The van der Waals surface area contributed by atoms with Gasteiger partial charge < -0.3 is 10.1 Å². The molecule has 2 N–H and O–H groups in total. The van der Waals surface area contributed by atoms with E-state index in [-0.39, 0.29) is 11.6 Å². The number of hydrogen-bond donors (Lipinski definition) is 2. The van der Waals surface area contributed by atoms with Gasteiger partial charge in [0.15, 0.2) is 0 Å².